The SMILES string of the molecule is C=C(C)C.C=CC.CC=CC.CC=CC. The maximum Gasteiger partial charge on any atom is -0.0445 e. The molecule has 0 heterocycles. The van der Waals surface area contributed by atoms with Crippen LogP contribution in [0, 0.1) is 0 Å². The molecule has 0 unspecified atom stereocenters. The van der Waals surface area contributed by atoms with Gasteiger partial charge in [0.2, 0.25) is 0 Å². The van der Waals surface area contributed by atoms with Gasteiger partial charge in [-0.2, -0.15) is 0 Å². The molecule has 0 nitrogen and oxygen atoms in total. The molecule has 0 spiro atoms. The summed E-state index contributed by atoms with van der Waals surface area (Å²) in [6, 6.07) is 0. The Morgan fingerprint density at radius 2 is 0.800 bits per heavy atom. The summed E-state index contributed by atoms with van der Waals surface area (Å²) in [5.74, 6) is 0. The second kappa shape index (κ2) is 38.3. The second-order valence-electron chi connectivity index (χ2n) is 2.95. The molecule has 0 atom stereocenters. The van der Waals surface area contributed by atoms with Crippen LogP contribution in [0.5, 0.6) is 0 Å². The Balaban J connectivity index is -0.0000000542. The highest BCUT2D eigenvalue weighted by atomic mass is 13.6. The van der Waals surface area contributed by atoms with Gasteiger partial charge in [-0.25, -0.2) is 0 Å². The van der Waals surface area contributed by atoms with Gasteiger partial charge in [-0.3, -0.25) is 0 Å². The highest BCUT2D eigenvalue weighted by Gasteiger charge is 1.51. The van der Waals surface area contributed by atoms with Crippen LogP contribution in [-0.4, -0.2) is 0 Å². The molecule has 0 aromatic carbocycles. The van der Waals surface area contributed by atoms with Gasteiger partial charge in [0, 0.05) is 0 Å². The Morgan fingerprint density at radius 1 is 0.733 bits per heavy atom. The molecule has 0 aromatic heterocycles. The van der Waals surface area contributed by atoms with Gasteiger partial charge in [0.1, 0.15) is 0 Å². The topological polar surface area (TPSA) is 0 Å². The van der Waals surface area contributed by atoms with Crippen LogP contribution in [0.2, 0.25) is 0 Å². The first kappa shape index (κ1) is 23.6. The molecule has 0 saturated heterocycles. The van der Waals surface area contributed by atoms with Gasteiger partial charge in [0.15, 0.2) is 0 Å². The molecule has 0 saturated carbocycles. The Hall–Kier alpha value is -1.04. The fraction of sp³-hybridized carbons (Fsp3) is 0.467. The molecule has 0 aliphatic rings. The third kappa shape index (κ3) is 1690. The minimum atomic E-state index is 1.17. The van der Waals surface area contributed by atoms with Crippen LogP contribution in [0.3, 0.4) is 0 Å². The molecule has 0 aromatic rings. The third-order valence-electron chi connectivity index (χ3n) is 0.667. The molecule has 0 aliphatic heterocycles. The normalized spacial score (nSPS) is 7.67. The number of hydrogen-bond acceptors (Lipinski definition) is 0. The quantitative estimate of drug-likeness (QED) is 0.434. The summed E-state index contributed by atoms with van der Waals surface area (Å²) in [4.78, 5) is 0. The molecule has 0 fully saturated rings. The molecule has 0 radical (unpaired) electrons. The predicted octanol–water partition coefficient (Wildman–Crippen LogP) is 5.94. The predicted molar refractivity (Wildman–Crippen MR) is 77.3 cm³/mol. The molecule has 15 heavy (non-hydrogen) atoms. The molecule has 0 aliphatic carbocycles. The van der Waals surface area contributed by atoms with Crippen LogP contribution >= 0.6 is 0 Å². The van der Waals surface area contributed by atoms with Crippen molar-refractivity contribution in [2.45, 2.75) is 48.5 Å². The molecule has 0 amide bonds. The fourth-order valence-corrected chi connectivity index (χ4v) is 0. The van der Waals surface area contributed by atoms with E-state index in [1.54, 1.807) is 6.08 Å². The van der Waals surface area contributed by atoms with Gasteiger partial charge < -0.3 is 0 Å². The van der Waals surface area contributed by atoms with Crippen LogP contribution < -0.4 is 0 Å². The summed E-state index contributed by atoms with van der Waals surface area (Å²) >= 11 is 0. The van der Waals surface area contributed by atoms with E-state index in [0.29, 0.717) is 0 Å². The highest BCUT2D eigenvalue weighted by molar-refractivity contribution is 4.78. The first-order valence-electron chi connectivity index (χ1n) is 5.32. The summed E-state index contributed by atoms with van der Waals surface area (Å²) < 4.78 is 0. The van der Waals surface area contributed by atoms with Crippen molar-refractivity contribution in [3.63, 3.8) is 0 Å². The van der Waals surface area contributed by atoms with Gasteiger partial charge >= 0.3 is 0 Å². The lowest BCUT2D eigenvalue weighted by Gasteiger charge is -1.65. The van der Waals surface area contributed by atoms with Crippen molar-refractivity contribution in [2.24, 2.45) is 0 Å². The van der Waals surface area contributed by atoms with Gasteiger partial charge in [-0.15, -0.1) is 13.2 Å². The Labute approximate surface area is 98.1 Å². The largest absolute Gasteiger partial charge is 0.103 e. The van der Waals surface area contributed by atoms with Gasteiger partial charge in [-0.1, -0.05) is 36.0 Å². The second-order valence-corrected chi connectivity index (χ2v) is 2.95. The lowest BCUT2D eigenvalue weighted by molar-refractivity contribution is 1.42. The summed E-state index contributed by atoms with van der Waals surface area (Å²) in [5, 5.41) is 0. The molecule has 90 valence electrons. The van der Waals surface area contributed by atoms with Crippen LogP contribution in [-0.2, 0) is 0 Å². The molecular formula is C15H30. The van der Waals surface area contributed by atoms with Crippen LogP contribution in [0.1, 0.15) is 48.5 Å². The van der Waals surface area contributed by atoms with E-state index in [-0.39, 0.29) is 0 Å². The Bertz CT molecular complexity index is 125. The van der Waals surface area contributed by atoms with E-state index >= 15 is 0 Å². The zero-order valence-corrected chi connectivity index (χ0v) is 11.8. The zero-order valence-electron chi connectivity index (χ0n) is 11.8. The van der Waals surface area contributed by atoms with E-state index in [2.05, 4.69) is 13.2 Å². The van der Waals surface area contributed by atoms with E-state index < -0.39 is 0 Å². The molecule has 0 N–H and O–H groups in total. The number of rotatable bonds is 0. The maximum atomic E-state index is 3.56. The van der Waals surface area contributed by atoms with Crippen molar-refractivity contribution in [3.8, 4) is 0 Å². The number of hydrogen-bond donors (Lipinski definition) is 0. The molecule has 0 heteroatoms. The molecule has 0 bridgehead atoms. The van der Waals surface area contributed by atoms with Crippen molar-refractivity contribution in [2.75, 3.05) is 0 Å². The minimum absolute atomic E-state index is 1.17. The Kier molecular flexibility index (Phi) is 60.3. The first-order chi connectivity index (χ1) is 6.97. The fourth-order valence-electron chi connectivity index (χ4n) is 0. The lowest BCUT2D eigenvalue weighted by atomic mass is 10.4. The van der Waals surface area contributed by atoms with E-state index in [9.17, 15) is 0 Å². The van der Waals surface area contributed by atoms with E-state index in [1.807, 2.05) is 72.8 Å². The van der Waals surface area contributed by atoms with Crippen LogP contribution in [0.4, 0.5) is 0 Å². The Morgan fingerprint density at radius 3 is 0.800 bits per heavy atom. The van der Waals surface area contributed by atoms with Crippen molar-refractivity contribution in [1.29, 1.82) is 0 Å². The molecular weight excluding hydrogens is 180 g/mol. The van der Waals surface area contributed by atoms with Crippen molar-refractivity contribution >= 4 is 0 Å². The maximum absolute atomic E-state index is 3.56. The van der Waals surface area contributed by atoms with Crippen LogP contribution in [0.25, 0.3) is 0 Å². The number of allylic oxidation sites excluding steroid dienone is 6. The van der Waals surface area contributed by atoms with Crippen LogP contribution in [0.15, 0.2) is 49.1 Å². The minimum Gasteiger partial charge on any atom is -0.103 e. The smallest absolute Gasteiger partial charge is 0.0445 e. The average Bonchev–Trinajstić information content (AvgIpc) is 2.18. The summed E-state index contributed by atoms with van der Waals surface area (Å²) in [6.07, 6.45) is 9.75. The monoisotopic (exact) mass is 210 g/mol. The highest BCUT2D eigenvalue weighted by Crippen LogP contribution is 1.73. The van der Waals surface area contributed by atoms with Crippen molar-refractivity contribution in [1.82, 2.24) is 0 Å². The van der Waals surface area contributed by atoms with Gasteiger partial charge in [0.25, 0.3) is 0 Å². The summed E-state index contributed by atoms with van der Waals surface area (Å²) in [7, 11) is 0. The standard InChI is InChI=1S/3C4H8.C3H6/c1-4(2)3;2*1-3-4-2;1-3-2/h1H2,2-3H3;2*3-4H,1-2H3;3H,1H2,2H3. The zero-order chi connectivity index (χ0) is 13.1. The lowest BCUT2D eigenvalue weighted by Crippen LogP contribution is -1.43. The van der Waals surface area contributed by atoms with E-state index in [1.165, 1.54) is 5.57 Å². The summed E-state index contributed by atoms with van der Waals surface area (Å²) in [5.41, 5.74) is 1.17. The van der Waals surface area contributed by atoms with E-state index in [4.69, 9.17) is 0 Å². The van der Waals surface area contributed by atoms with E-state index in [0.717, 1.165) is 0 Å². The van der Waals surface area contributed by atoms with Crippen molar-refractivity contribution < 1.29 is 0 Å². The summed E-state index contributed by atoms with van der Waals surface area (Å²) in [6.45, 7) is 20.8. The van der Waals surface area contributed by atoms with Gasteiger partial charge in [-0.05, 0) is 48.5 Å². The third-order valence-corrected chi connectivity index (χ3v) is 0.667. The van der Waals surface area contributed by atoms with Crippen molar-refractivity contribution in [3.05, 3.63) is 49.1 Å². The van der Waals surface area contributed by atoms with Gasteiger partial charge in [0.05, 0.1) is 0 Å². The molecule has 0 rings (SSSR count). The average molecular weight is 210 g/mol. The first-order valence-corrected chi connectivity index (χ1v) is 5.32.